The Labute approximate surface area is 185 Å². The molecule has 2 atom stereocenters. The second-order valence-electron chi connectivity index (χ2n) is 7.85. The van der Waals surface area contributed by atoms with Crippen LogP contribution in [-0.4, -0.2) is 40.1 Å². The van der Waals surface area contributed by atoms with Crippen molar-refractivity contribution in [2.24, 2.45) is 11.8 Å². The van der Waals surface area contributed by atoms with Gasteiger partial charge in [-0.25, -0.2) is 5.01 Å². The van der Waals surface area contributed by atoms with Gasteiger partial charge in [0.2, 0.25) is 0 Å². The van der Waals surface area contributed by atoms with Crippen LogP contribution in [0.15, 0.2) is 66.2 Å². The van der Waals surface area contributed by atoms with Gasteiger partial charge in [-0.3, -0.25) is 19.2 Å². The second kappa shape index (κ2) is 8.47. The van der Waals surface area contributed by atoms with E-state index in [4.69, 9.17) is 11.6 Å². The number of allylic oxidation sites excluding steroid dienone is 2. The summed E-state index contributed by atoms with van der Waals surface area (Å²) in [6, 6.07) is 14.6. The molecule has 1 fully saturated rings. The monoisotopic (exact) mass is 436 g/mol. The van der Waals surface area contributed by atoms with Gasteiger partial charge in [-0.15, -0.1) is 0 Å². The van der Waals surface area contributed by atoms with Crippen molar-refractivity contribution in [3.8, 4) is 0 Å². The number of Topliss-reactive ketones (excluding diaryl/α,β-unsaturated/α-hetero) is 1. The van der Waals surface area contributed by atoms with E-state index in [1.54, 1.807) is 42.5 Å². The van der Waals surface area contributed by atoms with Crippen LogP contribution in [0.25, 0.3) is 0 Å². The summed E-state index contributed by atoms with van der Waals surface area (Å²) in [7, 11) is 0. The first-order valence-electron chi connectivity index (χ1n) is 10.1. The first kappa shape index (κ1) is 21.0. The molecule has 31 heavy (non-hydrogen) atoms. The molecule has 1 aliphatic heterocycles. The minimum atomic E-state index is -0.606. The van der Waals surface area contributed by atoms with Crippen LogP contribution >= 0.6 is 11.6 Å². The van der Waals surface area contributed by atoms with Gasteiger partial charge in [-0.1, -0.05) is 53.6 Å². The van der Waals surface area contributed by atoms with Gasteiger partial charge in [-0.2, -0.15) is 5.01 Å². The van der Waals surface area contributed by atoms with Gasteiger partial charge in [0.15, 0.2) is 5.78 Å². The predicted octanol–water partition coefficient (Wildman–Crippen LogP) is 3.92. The van der Waals surface area contributed by atoms with E-state index in [-0.39, 0.29) is 11.3 Å². The number of fused-ring (bicyclic) bond motifs is 1. The number of hydrazine groups is 1. The lowest BCUT2D eigenvalue weighted by atomic mass is 9.82. The number of ketones is 1. The Hall–Kier alpha value is -3.25. The molecule has 7 heteroatoms. The molecule has 1 aliphatic carbocycles. The van der Waals surface area contributed by atoms with Gasteiger partial charge in [0.1, 0.15) is 6.54 Å². The normalized spacial score (nSPS) is 20.3. The molecular formula is C24H21ClN2O4. The van der Waals surface area contributed by atoms with Crippen molar-refractivity contribution in [1.82, 2.24) is 10.0 Å². The van der Waals surface area contributed by atoms with Gasteiger partial charge in [0.05, 0.1) is 11.8 Å². The van der Waals surface area contributed by atoms with Gasteiger partial charge in [0.25, 0.3) is 17.7 Å². The number of imide groups is 1. The van der Waals surface area contributed by atoms with E-state index in [1.165, 1.54) is 12.1 Å². The van der Waals surface area contributed by atoms with Crippen LogP contribution in [0.5, 0.6) is 0 Å². The highest BCUT2D eigenvalue weighted by Crippen LogP contribution is 2.38. The van der Waals surface area contributed by atoms with E-state index < -0.39 is 36.1 Å². The van der Waals surface area contributed by atoms with Gasteiger partial charge >= 0.3 is 0 Å². The Morgan fingerprint density at radius 3 is 2.29 bits per heavy atom. The zero-order chi connectivity index (χ0) is 22.1. The van der Waals surface area contributed by atoms with Crippen molar-refractivity contribution >= 4 is 35.1 Å². The molecule has 0 bridgehead atoms. The van der Waals surface area contributed by atoms with E-state index in [0.29, 0.717) is 23.4 Å². The van der Waals surface area contributed by atoms with Gasteiger partial charge in [-0.05, 0) is 44.0 Å². The fourth-order valence-corrected chi connectivity index (χ4v) is 4.21. The molecule has 158 valence electrons. The van der Waals surface area contributed by atoms with Crippen LogP contribution in [0.4, 0.5) is 0 Å². The van der Waals surface area contributed by atoms with E-state index in [9.17, 15) is 19.2 Å². The molecule has 3 amide bonds. The Morgan fingerprint density at radius 2 is 1.61 bits per heavy atom. The molecular weight excluding hydrogens is 416 g/mol. The average Bonchev–Trinajstić information content (AvgIpc) is 3.02. The van der Waals surface area contributed by atoms with Crippen molar-refractivity contribution < 1.29 is 19.2 Å². The lowest BCUT2D eigenvalue weighted by molar-refractivity contribution is -0.154. The number of amides is 3. The number of carbonyl (C=O) groups is 4. The molecule has 2 aromatic carbocycles. The predicted molar refractivity (Wildman–Crippen MR) is 115 cm³/mol. The number of rotatable bonds is 5. The SMILES string of the molecule is CC1=CC[C@H]2C(=O)N(N(CC(=O)c3ccccc3)C(=O)c3ccc(Cl)cc3)C(=O)[C@H]2C1. The zero-order valence-corrected chi connectivity index (χ0v) is 17.7. The van der Waals surface area contributed by atoms with Crippen LogP contribution in [0.3, 0.4) is 0 Å². The highest BCUT2D eigenvalue weighted by molar-refractivity contribution is 6.30. The van der Waals surface area contributed by atoms with E-state index in [0.717, 1.165) is 15.6 Å². The maximum atomic E-state index is 13.3. The molecule has 0 spiro atoms. The van der Waals surface area contributed by atoms with Crippen LogP contribution in [0, 0.1) is 11.8 Å². The van der Waals surface area contributed by atoms with Crippen molar-refractivity contribution in [2.75, 3.05) is 6.54 Å². The number of hydrogen-bond acceptors (Lipinski definition) is 4. The summed E-state index contributed by atoms with van der Waals surface area (Å²) in [6.45, 7) is 1.50. The summed E-state index contributed by atoms with van der Waals surface area (Å²) in [6.07, 6.45) is 2.88. The Morgan fingerprint density at radius 1 is 0.968 bits per heavy atom. The first-order chi connectivity index (χ1) is 14.9. The summed E-state index contributed by atoms with van der Waals surface area (Å²) in [5, 5.41) is 2.32. The quantitative estimate of drug-likeness (QED) is 0.404. The molecule has 0 radical (unpaired) electrons. The molecule has 0 N–H and O–H groups in total. The van der Waals surface area contributed by atoms with E-state index >= 15 is 0 Å². The number of carbonyl (C=O) groups excluding carboxylic acids is 4. The third-order valence-electron chi connectivity index (χ3n) is 5.76. The molecule has 2 aliphatic rings. The topological polar surface area (TPSA) is 74.8 Å². The molecule has 0 unspecified atom stereocenters. The molecule has 1 heterocycles. The lowest BCUT2D eigenvalue weighted by Crippen LogP contribution is -2.52. The highest BCUT2D eigenvalue weighted by Gasteiger charge is 2.51. The van der Waals surface area contributed by atoms with Crippen molar-refractivity contribution in [3.63, 3.8) is 0 Å². The Balaban J connectivity index is 1.69. The summed E-state index contributed by atoms with van der Waals surface area (Å²) < 4.78 is 0. The lowest BCUT2D eigenvalue weighted by Gasteiger charge is -2.30. The highest BCUT2D eigenvalue weighted by atomic mass is 35.5. The number of nitrogens with zero attached hydrogens (tertiary/aromatic N) is 2. The van der Waals surface area contributed by atoms with Crippen molar-refractivity contribution in [1.29, 1.82) is 0 Å². The second-order valence-corrected chi connectivity index (χ2v) is 8.29. The van der Waals surface area contributed by atoms with Crippen molar-refractivity contribution in [2.45, 2.75) is 19.8 Å². The third-order valence-corrected chi connectivity index (χ3v) is 6.01. The molecule has 6 nitrogen and oxygen atoms in total. The maximum Gasteiger partial charge on any atom is 0.273 e. The van der Waals surface area contributed by atoms with Crippen molar-refractivity contribution in [3.05, 3.63) is 82.4 Å². The summed E-state index contributed by atoms with van der Waals surface area (Å²) in [5.74, 6) is -2.88. The molecule has 1 saturated heterocycles. The summed E-state index contributed by atoms with van der Waals surface area (Å²) in [4.78, 5) is 52.6. The Bertz CT molecular complexity index is 1080. The summed E-state index contributed by atoms with van der Waals surface area (Å²) in [5.41, 5.74) is 1.67. The van der Waals surface area contributed by atoms with Crippen LogP contribution < -0.4 is 0 Å². The number of hydrogen-bond donors (Lipinski definition) is 0. The molecule has 2 aromatic rings. The van der Waals surface area contributed by atoms with E-state index in [2.05, 4.69) is 0 Å². The van der Waals surface area contributed by atoms with Crippen LogP contribution in [-0.2, 0) is 9.59 Å². The zero-order valence-electron chi connectivity index (χ0n) is 17.0. The fourth-order valence-electron chi connectivity index (χ4n) is 4.08. The van der Waals surface area contributed by atoms with Gasteiger partial charge in [0, 0.05) is 16.1 Å². The van der Waals surface area contributed by atoms with Gasteiger partial charge < -0.3 is 0 Å². The summed E-state index contributed by atoms with van der Waals surface area (Å²) >= 11 is 5.93. The fraction of sp³-hybridized carbons (Fsp3) is 0.250. The molecule has 4 rings (SSSR count). The smallest absolute Gasteiger partial charge is 0.273 e. The molecule has 0 aromatic heterocycles. The van der Waals surface area contributed by atoms with Crippen LogP contribution in [0.2, 0.25) is 5.02 Å². The van der Waals surface area contributed by atoms with Crippen LogP contribution in [0.1, 0.15) is 40.5 Å². The first-order valence-corrected chi connectivity index (χ1v) is 10.4. The number of halogens is 1. The van der Waals surface area contributed by atoms with E-state index in [1.807, 2.05) is 13.0 Å². The third kappa shape index (κ3) is 4.03. The largest absolute Gasteiger partial charge is 0.292 e. The minimum Gasteiger partial charge on any atom is -0.292 e. The maximum absolute atomic E-state index is 13.3. The standard InChI is InChI=1S/C24H21ClN2O4/c1-15-7-12-19-20(13-15)24(31)27(23(19)30)26(14-21(28)16-5-3-2-4-6-16)22(29)17-8-10-18(25)11-9-17/h2-11,19-20H,12-14H2,1H3/t19-,20+/m1/s1. The molecule has 0 saturated carbocycles. The average molecular weight is 437 g/mol. The number of benzene rings is 2. The Kier molecular flexibility index (Phi) is 5.74. The minimum absolute atomic E-state index is 0.232.